The van der Waals surface area contributed by atoms with Crippen LogP contribution in [0, 0.1) is 5.92 Å². The van der Waals surface area contributed by atoms with Crippen LogP contribution in [-0.4, -0.2) is 26.8 Å². The molecule has 3 rings (SSSR count). The lowest BCUT2D eigenvalue weighted by atomic mass is 9.85. The molecule has 0 saturated heterocycles. The van der Waals surface area contributed by atoms with Gasteiger partial charge in [-0.15, -0.1) is 5.10 Å². The summed E-state index contributed by atoms with van der Waals surface area (Å²) in [6.07, 6.45) is 4.47. The van der Waals surface area contributed by atoms with Crippen molar-refractivity contribution in [3.05, 3.63) is 35.5 Å². The Morgan fingerprint density at radius 2 is 1.96 bits per heavy atom. The first-order chi connectivity index (χ1) is 11.1. The number of nitrogens with zero attached hydrogens (tertiary/aromatic N) is 3. The van der Waals surface area contributed by atoms with Crippen LogP contribution in [0.5, 0.6) is 0 Å². The predicted octanol–water partition coefficient (Wildman–Crippen LogP) is 2.31. The Labute approximate surface area is 138 Å². The van der Waals surface area contributed by atoms with Gasteiger partial charge in [-0.1, -0.05) is 23.2 Å². The second kappa shape index (κ2) is 6.78. The number of amides is 2. The van der Waals surface area contributed by atoms with Gasteiger partial charge in [0.25, 0.3) is 0 Å². The number of benzene rings is 1. The van der Waals surface area contributed by atoms with E-state index in [9.17, 15) is 9.59 Å². The molecule has 8 heteroatoms. The summed E-state index contributed by atoms with van der Waals surface area (Å²) >= 11 is 5.79. The number of rotatable bonds is 5. The first kappa shape index (κ1) is 15.5. The molecule has 1 aliphatic carbocycles. The van der Waals surface area contributed by atoms with Crippen LogP contribution in [0.3, 0.4) is 0 Å². The van der Waals surface area contributed by atoms with Crippen molar-refractivity contribution in [3.63, 3.8) is 0 Å². The Bertz CT molecular complexity index is 709. The minimum absolute atomic E-state index is 0.00885. The molecule has 1 aliphatic rings. The van der Waals surface area contributed by atoms with Crippen molar-refractivity contribution in [2.45, 2.75) is 25.8 Å². The second-order valence-corrected chi connectivity index (χ2v) is 5.91. The zero-order valence-corrected chi connectivity index (χ0v) is 13.1. The first-order valence-corrected chi connectivity index (χ1v) is 7.74. The topological polar surface area (TPSA) is 88.9 Å². The average Bonchev–Trinajstić information content (AvgIpc) is 2.86. The van der Waals surface area contributed by atoms with Crippen LogP contribution < -0.4 is 10.6 Å². The van der Waals surface area contributed by atoms with E-state index in [2.05, 4.69) is 20.9 Å². The van der Waals surface area contributed by atoms with Crippen LogP contribution in [0.15, 0.2) is 30.5 Å². The molecule has 1 fully saturated rings. The zero-order valence-electron chi connectivity index (χ0n) is 12.3. The van der Waals surface area contributed by atoms with E-state index in [1.807, 2.05) is 0 Å². The molecular weight excluding hydrogens is 318 g/mol. The summed E-state index contributed by atoms with van der Waals surface area (Å²) < 4.78 is 1.38. The fourth-order valence-corrected chi connectivity index (χ4v) is 2.34. The Kier molecular flexibility index (Phi) is 4.57. The number of halogens is 1. The minimum atomic E-state index is -0.242. The molecule has 23 heavy (non-hydrogen) atoms. The van der Waals surface area contributed by atoms with Gasteiger partial charge in [0.05, 0.1) is 6.20 Å². The van der Waals surface area contributed by atoms with E-state index in [-0.39, 0.29) is 24.3 Å². The third kappa shape index (κ3) is 4.07. The molecule has 0 aliphatic heterocycles. The van der Waals surface area contributed by atoms with E-state index < -0.39 is 0 Å². The number of anilines is 2. The number of hydrogen-bond acceptors (Lipinski definition) is 4. The van der Waals surface area contributed by atoms with Crippen LogP contribution in [0.2, 0.25) is 5.02 Å². The smallest absolute Gasteiger partial charge is 0.246 e. The molecule has 0 atom stereocenters. The summed E-state index contributed by atoms with van der Waals surface area (Å²) in [6, 6.07) is 6.82. The molecule has 1 aromatic carbocycles. The van der Waals surface area contributed by atoms with Crippen molar-refractivity contribution >= 4 is 34.9 Å². The molecule has 1 aromatic heterocycles. The molecule has 0 bridgehead atoms. The van der Waals surface area contributed by atoms with E-state index in [1.54, 1.807) is 24.3 Å². The molecule has 2 aromatic rings. The van der Waals surface area contributed by atoms with Gasteiger partial charge in [0.2, 0.25) is 11.8 Å². The highest BCUT2D eigenvalue weighted by atomic mass is 35.5. The second-order valence-electron chi connectivity index (χ2n) is 5.47. The van der Waals surface area contributed by atoms with E-state index in [1.165, 1.54) is 10.9 Å². The van der Waals surface area contributed by atoms with E-state index in [0.29, 0.717) is 16.5 Å². The number of aromatic nitrogens is 3. The van der Waals surface area contributed by atoms with Gasteiger partial charge in [-0.2, -0.15) is 0 Å². The SMILES string of the molecule is O=C(Cn1cc(NC(=O)C2CCC2)nn1)Nc1ccc(Cl)cc1. The van der Waals surface area contributed by atoms with Crippen molar-refractivity contribution in [2.24, 2.45) is 5.92 Å². The summed E-state index contributed by atoms with van der Waals surface area (Å²) in [6.45, 7) is 0.00885. The molecule has 1 heterocycles. The van der Waals surface area contributed by atoms with Crippen molar-refractivity contribution in [2.75, 3.05) is 10.6 Å². The highest BCUT2D eigenvalue weighted by Gasteiger charge is 2.25. The number of hydrogen-bond donors (Lipinski definition) is 2. The van der Waals surface area contributed by atoms with E-state index in [0.717, 1.165) is 19.3 Å². The van der Waals surface area contributed by atoms with Gasteiger partial charge in [0.1, 0.15) is 6.54 Å². The van der Waals surface area contributed by atoms with Gasteiger partial charge in [-0.05, 0) is 37.1 Å². The van der Waals surface area contributed by atoms with Crippen LogP contribution in [-0.2, 0) is 16.1 Å². The standard InChI is InChI=1S/C15H16ClN5O2/c16-11-4-6-12(7-5-11)17-14(22)9-21-8-13(19-20-21)18-15(23)10-2-1-3-10/h4-8,10H,1-3,9H2,(H,17,22)(H,18,23). The van der Waals surface area contributed by atoms with Crippen molar-refractivity contribution in [1.82, 2.24) is 15.0 Å². The number of nitrogens with one attached hydrogen (secondary N) is 2. The molecule has 1 saturated carbocycles. The predicted molar refractivity (Wildman–Crippen MR) is 86.1 cm³/mol. The van der Waals surface area contributed by atoms with Gasteiger partial charge in [-0.25, -0.2) is 4.68 Å². The molecule has 0 unspecified atom stereocenters. The molecule has 2 amide bonds. The average molecular weight is 334 g/mol. The molecule has 7 nitrogen and oxygen atoms in total. The monoisotopic (exact) mass is 333 g/mol. The van der Waals surface area contributed by atoms with Gasteiger partial charge < -0.3 is 10.6 Å². The Morgan fingerprint density at radius 3 is 2.61 bits per heavy atom. The normalized spacial score (nSPS) is 14.1. The Morgan fingerprint density at radius 1 is 1.22 bits per heavy atom. The maximum Gasteiger partial charge on any atom is 0.246 e. The number of carbonyl (C=O) groups is 2. The van der Waals surface area contributed by atoms with Crippen LogP contribution in [0.25, 0.3) is 0 Å². The Hall–Kier alpha value is -2.41. The summed E-state index contributed by atoms with van der Waals surface area (Å²) in [5.74, 6) is 0.164. The molecule has 0 radical (unpaired) electrons. The van der Waals surface area contributed by atoms with Gasteiger partial charge in [-0.3, -0.25) is 9.59 Å². The lowest BCUT2D eigenvalue weighted by molar-refractivity contribution is -0.122. The summed E-state index contributed by atoms with van der Waals surface area (Å²) in [5, 5.41) is 13.7. The molecule has 2 N–H and O–H groups in total. The maximum absolute atomic E-state index is 11.9. The fourth-order valence-electron chi connectivity index (χ4n) is 2.21. The third-order valence-corrected chi connectivity index (χ3v) is 3.95. The lowest BCUT2D eigenvalue weighted by Gasteiger charge is -2.23. The van der Waals surface area contributed by atoms with Crippen LogP contribution >= 0.6 is 11.6 Å². The van der Waals surface area contributed by atoms with Gasteiger partial charge in [0.15, 0.2) is 5.82 Å². The van der Waals surface area contributed by atoms with Crippen LogP contribution in [0.1, 0.15) is 19.3 Å². The quantitative estimate of drug-likeness (QED) is 0.878. The highest BCUT2D eigenvalue weighted by Crippen LogP contribution is 2.27. The fraction of sp³-hybridized carbons (Fsp3) is 0.333. The third-order valence-electron chi connectivity index (χ3n) is 3.70. The minimum Gasteiger partial charge on any atom is -0.324 e. The van der Waals surface area contributed by atoms with Gasteiger partial charge in [0, 0.05) is 16.6 Å². The van der Waals surface area contributed by atoms with Crippen molar-refractivity contribution in [1.29, 1.82) is 0 Å². The van der Waals surface area contributed by atoms with Crippen LogP contribution in [0.4, 0.5) is 11.5 Å². The van der Waals surface area contributed by atoms with Crippen molar-refractivity contribution < 1.29 is 9.59 Å². The van der Waals surface area contributed by atoms with Crippen molar-refractivity contribution in [3.8, 4) is 0 Å². The maximum atomic E-state index is 11.9. The largest absolute Gasteiger partial charge is 0.324 e. The molecular formula is C15H16ClN5O2. The zero-order chi connectivity index (χ0) is 16.2. The summed E-state index contributed by atoms with van der Waals surface area (Å²) in [5.41, 5.74) is 0.651. The molecule has 120 valence electrons. The highest BCUT2D eigenvalue weighted by molar-refractivity contribution is 6.30. The summed E-state index contributed by atoms with van der Waals surface area (Å²) in [7, 11) is 0. The Balaban J connectivity index is 1.52. The van der Waals surface area contributed by atoms with Gasteiger partial charge >= 0.3 is 0 Å². The van der Waals surface area contributed by atoms with E-state index in [4.69, 9.17) is 11.6 Å². The first-order valence-electron chi connectivity index (χ1n) is 7.36. The molecule has 0 spiro atoms. The summed E-state index contributed by atoms with van der Waals surface area (Å²) in [4.78, 5) is 23.8. The number of carbonyl (C=O) groups excluding carboxylic acids is 2. The lowest BCUT2D eigenvalue weighted by Crippen LogP contribution is -2.28. The van der Waals surface area contributed by atoms with E-state index >= 15 is 0 Å².